The third-order valence-electron chi connectivity index (χ3n) is 6.77. The fourth-order valence-corrected chi connectivity index (χ4v) is 4.94. The summed E-state index contributed by atoms with van der Waals surface area (Å²) in [6.07, 6.45) is 3.31. The van der Waals surface area contributed by atoms with Crippen LogP contribution in [0, 0.1) is 12.8 Å². The minimum absolute atomic E-state index is 0.134. The number of pyridine rings is 1. The molecule has 0 spiro atoms. The molecule has 8 heteroatoms. The van der Waals surface area contributed by atoms with Gasteiger partial charge in [-0.1, -0.05) is 30.3 Å². The highest BCUT2D eigenvalue weighted by molar-refractivity contribution is 5.96. The van der Waals surface area contributed by atoms with Crippen LogP contribution in [0.5, 0.6) is 0 Å². The Morgan fingerprint density at radius 2 is 1.86 bits per heavy atom. The normalized spacial score (nSPS) is 19.7. The molecular formula is C27H28N4O4. The Morgan fingerprint density at radius 3 is 2.63 bits per heavy atom. The highest BCUT2D eigenvalue weighted by Gasteiger charge is 2.39. The van der Waals surface area contributed by atoms with Crippen LogP contribution < -0.4 is 5.32 Å². The summed E-state index contributed by atoms with van der Waals surface area (Å²) in [6.45, 7) is 3.08. The van der Waals surface area contributed by atoms with E-state index in [1.807, 2.05) is 43.3 Å². The Morgan fingerprint density at radius 1 is 1.03 bits per heavy atom. The van der Waals surface area contributed by atoms with Crippen molar-refractivity contribution in [1.82, 2.24) is 14.8 Å². The Bertz CT molecular complexity index is 1240. The first-order chi connectivity index (χ1) is 17.0. The van der Waals surface area contributed by atoms with Gasteiger partial charge in [0.25, 0.3) is 5.91 Å². The SMILES string of the molecule is Cc1cccc(NC(=O)[C@@H]2CCCN(C(=O)[C@@H]3Cc4ccccc4CN3C(=O)c3ccco3)C2)n1. The lowest BCUT2D eigenvalue weighted by molar-refractivity contribution is -0.139. The summed E-state index contributed by atoms with van der Waals surface area (Å²) in [5.74, 6) is -0.190. The molecule has 2 aliphatic rings. The quantitative estimate of drug-likeness (QED) is 0.628. The first-order valence-electron chi connectivity index (χ1n) is 11.9. The van der Waals surface area contributed by atoms with Crippen LogP contribution in [-0.4, -0.2) is 51.6 Å². The molecule has 1 aromatic carbocycles. The lowest BCUT2D eigenvalue weighted by Crippen LogP contribution is -2.56. The second-order valence-electron chi connectivity index (χ2n) is 9.18. The van der Waals surface area contributed by atoms with E-state index in [0.29, 0.717) is 38.3 Å². The van der Waals surface area contributed by atoms with Gasteiger partial charge in [0, 0.05) is 31.7 Å². The van der Waals surface area contributed by atoms with Crippen LogP contribution >= 0.6 is 0 Å². The Kier molecular flexibility index (Phi) is 6.35. The number of aromatic nitrogens is 1. The van der Waals surface area contributed by atoms with Crippen molar-refractivity contribution >= 4 is 23.5 Å². The molecular weight excluding hydrogens is 444 g/mol. The van der Waals surface area contributed by atoms with Gasteiger partial charge in [-0.05, 0) is 55.2 Å². The first-order valence-corrected chi connectivity index (χ1v) is 11.9. The third kappa shape index (κ3) is 4.82. The summed E-state index contributed by atoms with van der Waals surface area (Å²) in [5, 5.41) is 2.89. The van der Waals surface area contributed by atoms with E-state index in [4.69, 9.17) is 4.42 Å². The van der Waals surface area contributed by atoms with Crippen molar-refractivity contribution < 1.29 is 18.8 Å². The van der Waals surface area contributed by atoms with E-state index in [9.17, 15) is 14.4 Å². The fraction of sp³-hybridized carbons (Fsp3) is 0.333. The molecule has 2 atom stereocenters. The van der Waals surface area contributed by atoms with Gasteiger partial charge in [-0.2, -0.15) is 0 Å². The van der Waals surface area contributed by atoms with Gasteiger partial charge < -0.3 is 19.5 Å². The van der Waals surface area contributed by atoms with Gasteiger partial charge in [0.2, 0.25) is 11.8 Å². The smallest absolute Gasteiger partial charge is 0.290 e. The summed E-state index contributed by atoms with van der Waals surface area (Å²) in [7, 11) is 0. The molecule has 0 unspecified atom stereocenters. The molecule has 5 rings (SSSR count). The van der Waals surface area contributed by atoms with Crippen LogP contribution in [0.15, 0.2) is 65.3 Å². The third-order valence-corrected chi connectivity index (χ3v) is 6.77. The number of carbonyl (C=O) groups excluding carboxylic acids is 3. The molecule has 35 heavy (non-hydrogen) atoms. The number of aryl methyl sites for hydroxylation is 1. The average molecular weight is 473 g/mol. The second-order valence-corrected chi connectivity index (χ2v) is 9.18. The van der Waals surface area contributed by atoms with Gasteiger partial charge >= 0.3 is 0 Å². The number of fused-ring (bicyclic) bond motifs is 1. The molecule has 3 amide bonds. The van der Waals surface area contributed by atoms with Crippen LogP contribution in [-0.2, 0) is 22.6 Å². The molecule has 0 saturated carbocycles. The van der Waals surface area contributed by atoms with E-state index in [1.165, 1.54) is 6.26 Å². The number of rotatable bonds is 4. The number of likely N-dealkylation sites (tertiary alicyclic amines) is 1. The molecule has 2 aliphatic heterocycles. The van der Waals surface area contributed by atoms with Crippen LogP contribution in [0.3, 0.4) is 0 Å². The maximum Gasteiger partial charge on any atom is 0.290 e. The van der Waals surface area contributed by atoms with Crippen molar-refractivity contribution in [2.75, 3.05) is 18.4 Å². The van der Waals surface area contributed by atoms with E-state index in [2.05, 4.69) is 10.3 Å². The molecule has 0 aliphatic carbocycles. The van der Waals surface area contributed by atoms with Gasteiger partial charge in [-0.15, -0.1) is 0 Å². The van der Waals surface area contributed by atoms with Crippen LogP contribution in [0.1, 0.15) is 40.2 Å². The molecule has 0 bridgehead atoms. The zero-order chi connectivity index (χ0) is 24.4. The Labute approximate surface area is 203 Å². The van der Waals surface area contributed by atoms with Gasteiger partial charge in [0.15, 0.2) is 5.76 Å². The molecule has 1 fully saturated rings. The Hall–Kier alpha value is -3.94. The number of nitrogens with zero attached hydrogens (tertiary/aromatic N) is 3. The summed E-state index contributed by atoms with van der Waals surface area (Å²) in [6, 6.07) is 16.0. The molecule has 8 nitrogen and oxygen atoms in total. The minimum atomic E-state index is -0.650. The lowest BCUT2D eigenvalue weighted by Gasteiger charge is -2.40. The predicted octanol–water partition coefficient (Wildman–Crippen LogP) is 3.43. The van der Waals surface area contributed by atoms with Crippen molar-refractivity contribution in [2.45, 2.75) is 38.8 Å². The fourth-order valence-electron chi connectivity index (χ4n) is 4.94. The molecule has 1 N–H and O–H groups in total. The monoisotopic (exact) mass is 472 g/mol. The molecule has 4 heterocycles. The summed E-state index contributed by atoms with van der Waals surface area (Å²) in [4.78, 5) is 47.7. The van der Waals surface area contributed by atoms with Crippen molar-refractivity contribution in [2.24, 2.45) is 5.92 Å². The number of amides is 3. The molecule has 1 saturated heterocycles. The number of hydrogen-bond donors (Lipinski definition) is 1. The Balaban J connectivity index is 1.34. The molecule has 2 aromatic heterocycles. The topological polar surface area (TPSA) is 95.8 Å². The number of hydrogen-bond acceptors (Lipinski definition) is 5. The molecule has 180 valence electrons. The van der Waals surface area contributed by atoms with Crippen LogP contribution in [0.4, 0.5) is 5.82 Å². The maximum absolute atomic E-state index is 13.8. The summed E-state index contributed by atoms with van der Waals surface area (Å²) >= 11 is 0. The summed E-state index contributed by atoms with van der Waals surface area (Å²) < 4.78 is 5.35. The molecule has 0 radical (unpaired) electrons. The number of carbonyl (C=O) groups is 3. The summed E-state index contributed by atoms with van der Waals surface area (Å²) in [5.41, 5.74) is 2.91. The highest BCUT2D eigenvalue weighted by atomic mass is 16.3. The predicted molar refractivity (Wildman–Crippen MR) is 129 cm³/mol. The largest absolute Gasteiger partial charge is 0.459 e. The highest BCUT2D eigenvalue weighted by Crippen LogP contribution is 2.28. The maximum atomic E-state index is 13.8. The number of furan rings is 1. The van der Waals surface area contributed by atoms with Gasteiger partial charge in [-0.3, -0.25) is 14.4 Å². The van der Waals surface area contributed by atoms with Crippen LogP contribution in [0.2, 0.25) is 0 Å². The standard InChI is InChI=1S/C27H28N4O4/c1-18-7-4-12-24(28-18)29-25(32)21-10-5-13-30(16-21)26(33)22-15-19-8-2-3-9-20(19)17-31(22)27(34)23-11-6-14-35-23/h2-4,6-9,11-12,14,21-22H,5,10,13,15-17H2,1H3,(H,28,29,32)/t21-,22+/m1/s1. The van der Waals surface area contributed by atoms with Gasteiger partial charge in [0.1, 0.15) is 11.9 Å². The molecule has 3 aromatic rings. The van der Waals surface area contributed by atoms with Crippen molar-refractivity contribution in [3.05, 3.63) is 83.4 Å². The average Bonchev–Trinajstić information content (AvgIpc) is 3.42. The van der Waals surface area contributed by atoms with Crippen molar-refractivity contribution in [3.8, 4) is 0 Å². The minimum Gasteiger partial charge on any atom is -0.459 e. The first kappa shape index (κ1) is 22.8. The number of nitrogens with one attached hydrogen (secondary N) is 1. The zero-order valence-corrected chi connectivity index (χ0v) is 19.6. The van der Waals surface area contributed by atoms with E-state index < -0.39 is 6.04 Å². The van der Waals surface area contributed by atoms with E-state index in [1.54, 1.807) is 28.0 Å². The van der Waals surface area contributed by atoms with Crippen LogP contribution in [0.25, 0.3) is 0 Å². The number of piperidine rings is 1. The van der Waals surface area contributed by atoms with E-state index in [0.717, 1.165) is 23.2 Å². The van der Waals surface area contributed by atoms with Crippen molar-refractivity contribution in [3.63, 3.8) is 0 Å². The number of benzene rings is 1. The lowest BCUT2D eigenvalue weighted by atomic mass is 9.91. The number of anilines is 1. The van der Waals surface area contributed by atoms with Crippen molar-refractivity contribution in [1.29, 1.82) is 0 Å². The van der Waals surface area contributed by atoms with E-state index in [-0.39, 0.29) is 29.4 Å². The van der Waals surface area contributed by atoms with E-state index >= 15 is 0 Å². The zero-order valence-electron chi connectivity index (χ0n) is 19.6. The van der Waals surface area contributed by atoms with Gasteiger partial charge in [0.05, 0.1) is 12.2 Å². The van der Waals surface area contributed by atoms with Gasteiger partial charge in [-0.25, -0.2) is 4.98 Å². The second kappa shape index (κ2) is 9.74.